The van der Waals surface area contributed by atoms with Gasteiger partial charge >= 0.3 is 7.48 Å². The van der Waals surface area contributed by atoms with Gasteiger partial charge in [-0.15, -0.1) is 0 Å². The van der Waals surface area contributed by atoms with Gasteiger partial charge in [0.1, 0.15) is 12.4 Å². The lowest BCUT2D eigenvalue weighted by atomic mass is 9.72. The highest BCUT2D eigenvalue weighted by Gasteiger charge is 2.38. The molecule has 0 N–H and O–H groups in total. The summed E-state index contributed by atoms with van der Waals surface area (Å²) in [5.74, 6) is 1.37. The summed E-state index contributed by atoms with van der Waals surface area (Å²) < 4.78 is 17.7. The molecule has 1 aromatic carbocycles. The highest BCUT2D eigenvalue weighted by Crippen LogP contribution is 2.31. The van der Waals surface area contributed by atoms with Crippen molar-refractivity contribution < 1.29 is 14.1 Å². The minimum absolute atomic E-state index is 0.337. The fraction of sp³-hybridized carbons (Fsp3) is 0.524. The molecule has 2 rings (SSSR count). The van der Waals surface area contributed by atoms with Crippen LogP contribution in [0.2, 0.25) is 0 Å². The summed E-state index contributed by atoms with van der Waals surface area (Å²) in [7, 11) is 2.36. The minimum Gasteiger partial charge on any atom is -0.489 e. The Hall–Kier alpha value is -1.52. The quantitative estimate of drug-likeness (QED) is 0.652. The number of benzene rings is 1. The van der Waals surface area contributed by atoms with E-state index in [2.05, 4.69) is 46.8 Å². The molecule has 1 aliphatic carbocycles. The van der Waals surface area contributed by atoms with Crippen molar-refractivity contribution in [3.8, 4) is 5.75 Å². The van der Waals surface area contributed by atoms with Gasteiger partial charge in [0.05, 0.1) is 11.2 Å². The molecule has 1 unspecified atom stereocenters. The van der Waals surface area contributed by atoms with Crippen molar-refractivity contribution in [1.29, 1.82) is 0 Å². The molecule has 0 aromatic heterocycles. The van der Waals surface area contributed by atoms with E-state index >= 15 is 0 Å². The highest BCUT2D eigenvalue weighted by atomic mass is 16.5. The molecule has 1 aromatic rings. The van der Waals surface area contributed by atoms with Gasteiger partial charge < -0.3 is 14.1 Å². The van der Waals surface area contributed by atoms with Crippen molar-refractivity contribution in [2.45, 2.75) is 52.2 Å². The standard InChI is InChI=1S/C21H31BO3/c1-16-14-17(15-24-18-10-8-7-9-11-18)12-13-19(16)22-25-21(4,5)20(2,3)23-6/h7-13,16,22H,14-15H2,1-6H3. The topological polar surface area (TPSA) is 27.7 Å². The first-order valence-electron chi connectivity index (χ1n) is 9.00. The molecule has 0 saturated carbocycles. The van der Waals surface area contributed by atoms with Crippen LogP contribution in [0.15, 0.2) is 53.5 Å². The number of ether oxygens (including phenoxy) is 2. The summed E-state index contributed by atoms with van der Waals surface area (Å²) in [6.07, 6.45) is 5.37. The normalized spacial score (nSPS) is 18.4. The van der Waals surface area contributed by atoms with E-state index < -0.39 is 0 Å². The fourth-order valence-corrected chi connectivity index (χ4v) is 2.66. The fourth-order valence-electron chi connectivity index (χ4n) is 2.66. The van der Waals surface area contributed by atoms with Gasteiger partial charge in [0.15, 0.2) is 0 Å². The van der Waals surface area contributed by atoms with Crippen LogP contribution in [0.25, 0.3) is 0 Å². The second-order valence-corrected chi connectivity index (χ2v) is 7.79. The molecule has 3 nitrogen and oxygen atoms in total. The summed E-state index contributed by atoms with van der Waals surface area (Å²) in [5.41, 5.74) is 1.94. The van der Waals surface area contributed by atoms with Crippen molar-refractivity contribution in [3.05, 3.63) is 53.5 Å². The molecule has 0 radical (unpaired) electrons. The lowest BCUT2D eigenvalue weighted by Crippen LogP contribution is -2.49. The lowest BCUT2D eigenvalue weighted by molar-refractivity contribution is -0.114. The van der Waals surface area contributed by atoms with Gasteiger partial charge in [0.25, 0.3) is 0 Å². The number of rotatable bonds is 8. The largest absolute Gasteiger partial charge is 0.489 e. The minimum atomic E-state index is -0.358. The Kier molecular flexibility index (Phi) is 6.53. The second kappa shape index (κ2) is 8.24. The smallest absolute Gasteiger partial charge is 0.305 e. The Labute approximate surface area is 153 Å². The molecule has 136 valence electrons. The summed E-state index contributed by atoms with van der Waals surface area (Å²) in [6.45, 7) is 11.2. The van der Waals surface area contributed by atoms with E-state index in [-0.39, 0.29) is 11.2 Å². The molecule has 0 saturated heterocycles. The van der Waals surface area contributed by atoms with E-state index in [9.17, 15) is 0 Å². The Balaban J connectivity index is 1.92. The molecule has 0 spiro atoms. The maximum absolute atomic E-state index is 6.21. The van der Waals surface area contributed by atoms with Crippen molar-refractivity contribution >= 4 is 7.48 Å². The zero-order chi connectivity index (χ0) is 18.5. The van der Waals surface area contributed by atoms with Gasteiger partial charge in [-0.05, 0) is 57.7 Å². The molecule has 0 aliphatic heterocycles. The van der Waals surface area contributed by atoms with Gasteiger partial charge in [-0.25, -0.2) is 0 Å². The Bertz CT molecular complexity index is 617. The van der Waals surface area contributed by atoms with E-state index in [1.165, 1.54) is 11.0 Å². The predicted octanol–water partition coefficient (Wildman–Crippen LogP) is 4.49. The summed E-state index contributed by atoms with van der Waals surface area (Å²) in [5, 5.41) is 0. The molecule has 1 atom stereocenters. The van der Waals surface area contributed by atoms with Crippen molar-refractivity contribution in [1.82, 2.24) is 0 Å². The van der Waals surface area contributed by atoms with Gasteiger partial charge in [-0.1, -0.05) is 42.7 Å². The number of methoxy groups -OCH3 is 1. The maximum Gasteiger partial charge on any atom is 0.305 e. The van der Waals surface area contributed by atoms with Gasteiger partial charge in [0.2, 0.25) is 0 Å². The van der Waals surface area contributed by atoms with Crippen LogP contribution in [0, 0.1) is 5.92 Å². The van der Waals surface area contributed by atoms with Crippen LogP contribution >= 0.6 is 0 Å². The van der Waals surface area contributed by atoms with Crippen molar-refractivity contribution in [2.75, 3.05) is 13.7 Å². The molecular formula is C21H31BO3. The van der Waals surface area contributed by atoms with E-state index in [1.807, 2.05) is 30.3 Å². The van der Waals surface area contributed by atoms with Gasteiger partial charge in [-0.2, -0.15) is 0 Å². The summed E-state index contributed by atoms with van der Waals surface area (Å²) >= 11 is 0. The third kappa shape index (κ3) is 5.23. The van der Waals surface area contributed by atoms with Crippen molar-refractivity contribution in [2.24, 2.45) is 5.92 Å². The predicted molar refractivity (Wildman–Crippen MR) is 105 cm³/mol. The monoisotopic (exact) mass is 342 g/mol. The molecule has 4 heteroatoms. The third-order valence-electron chi connectivity index (χ3n) is 5.46. The van der Waals surface area contributed by atoms with E-state index in [1.54, 1.807) is 7.11 Å². The zero-order valence-corrected chi connectivity index (χ0v) is 16.5. The van der Waals surface area contributed by atoms with Crippen LogP contribution in [-0.4, -0.2) is 32.4 Å². The summed E-state index contributed by atoms with van der Waals surface area (Å²) in [6, 6.07) is 9.96. The second-order valence-electron chi connectivity index (χ2n) is 7.79. The Morgan fingerprint density at radius 1 is 1.04 bits per heavy atom. The first kappa shape index (κ1) is 19.8. The zero-order valence-electron chi connectivity index (χ0n) is 16.5. The van der Waals surface area contributed by atoms with Crippen LogP contribution in [0.3, 0.4) is 0 Å². The first-order chi connectivity index (χ1) is 11.7. The molecule has 0 bridgehead atoms. The van der Waals surface area contributed by atoms with Crippen LogP contribution in [0.4, 0.5) is 0 Å². The molecule has 0 fully saturated rings. The lowest BCUT2D eigenvalue weighted by Gasteiger charge is -2.41. The number of allylic oxidation sites excluding steroid dienone is 3. The molecule has 1 aliphatic rings. The van der Waals surface area contributed by atoms with Crippen LogP contribution in [0.5, 0.6) is 5.75 Å². The maximum atomic E-state index is 6.21. The first-order valence-corrected chi connectivity index (χ1v) is 9.00. The molecule has 0 heterocycles. The van der Waals surface area contributed by atoms with E-state index in [0.717, 1.165) is 12.2 Å². The van der Waals surface area contributed by atoms with Crippen molar-refractivity contribution in [3.63, 3.8) is 0 Å². The number of hydrogen-bond donors (Lipinski definition) is 0. The van der Waals surface area contributed by atoms with Gasteiger partial charge in [0, 0.05) is 7.11 Å². The third-order valence-corrected chi connectivity index (χ3v) is 5.46. The molecular weight excluding hydrogens is 311 g/mol. The SMILES string of the molecule is COC(C)(C)C(C)(C)OBC1=CC=C(COc2ccccc2)CC1C. The van der Waals surface area contributed by atoms with E-state index in [0.29, 0.717) is 20.0 Å². The van der Waals surface area contributed by atoms with Gasteiger partial charge in [-0.3, -0.25) is 0 Å². The van der Waals surface area contributed by atoms with Crippen LogP contribution in [0.1, 0.15) is 41.0 Å². The summed E-state index contributed by atoms with van der Waals surface area (Å²) in [4.78, 5) is 0. The molecule has 25 heavy (non-hydrogen) atoms. The number of hydrogen-bond acceptors (Lipinski definition) is 3. The Morgan fingerprint density at radius 3 is 2.32 bits per heavy atom. The number of para-hydroxylation sites is 1. The van der Waals surface area contributed by atoms with Crippen LogP contribution < -0.4 is 4.74 Å². The van der Waals surface area contributed by atoms with Crippen LogP contribution in [-0.2, 0) is 9.39 Å². The average Bonchev–Trinajstić information content (AvgIpc) is 2.60. The van der Waals surface area contributed by atoms with E-state index in [4.69, 9.17) is 14.1 Å². The average molecular weight is 342 g/mol. The Morgan fingerprint density at radius 2 is 1.72 bits per heavy atom. The molecule has 0 amide bonds. The highest BCUT2D eigenvalue weighted by molar-refractivity contribution is 6.38.